The molecule has 37 heavy (non-hydrogen) atoms. The number of carbonyl (C=O) groups is 2. The van der Waals surface area contributed by atoms with E-state index >= 15 is 0 Å². The first-order valence-corrected chi connectivity index (χ1v) is 13.1. The van der Waals surface area contributed by atoms with E-state index in [0.717, 1.165) is 48.5 Å². The number of anilines is 1. The molecular formula is C26H27N7O3S. The van der Waals surface area contributed by atoms with Gasteiger partial charge in [-0.25, -0.2) is 9.97 Å². The first-order chi connectivity index (χ1) is 18.0. The van der Waals surface area contributed by atoms with Gasteiger partial charge in [-0.1, -0.05) is 0 Å². The standard InChI is InChI=1S/C26H27N7O3S/c1-32(26(35)20-3-5-21-25(29-20)30-22(34)15-37-21)17-7-10-33(11-8-17)12-9-18-16(13-27)14-28-19-4-6-23(36-2)31-24(18)19/h3-6,14,17H,7-12,15H2,1-2H3,(H,29,30,34). The Labute approximate surface area is 219 Å². The molecule has 2 aliphatic heterocycles. The number of amides is 2. The number of rotatable bonds is 6. The van der Waals surface area contributed by atoms with Crippen molar-refractivity contribution in [3.63, 3.8) is 0 Å². The lowest BCUT2D eigenvalue weighted by Crippen LogP contribution is -2.46. The predicted octanol–water partition coefficient (Wildman–Crippen LogP) is 2.73. The summed E-state index contributed by atoms with van der Waals surface area (Å²) in [4.78, 5) is 43.1. The van der Waals surface area contributed by atoms with Crippen LogP contribution in [0.3, 0.4) is 0 Å². The zero-order valence-electron chi connectivity index (χ0n) is 20.7. The third kappa shape index (κ3) is 5.21. The third-order valence-corrected chi connectivity index (χ3v) is 7.97. The Hall–Kier alpha value is -3.75. The maximum atomic E-state index is 13.1. The molecule has 0 aliphatic carbocycles. The fourth-order valence-electron chi connectivity index (χ4n) is 4.79. The second-order valence-electron chi connectivity index (χ2n) is 9.10. The first-order valence-electron chi connectivity index (χ1n) is 12.1. The number of pyridine rings is 3. The zero-order chi connectivity index (χ0) is 25.9. The number of nitrogens with one attached hydrogen (secondary N) is 1. The normalized spacial score (nSPS) is 16.1. The molecule has 0 radical (unpaired) electrons. The van der Waals surface area contributed by atoms with Crippen molar-refractivity contribution in [3.05, 3.63) is 47.3 Å². The molecule has 2 aliphatic rings. The van der Waals surface area contributed by atoms with Crippen LogP contribution in [0.4, 0.5) is 5.82 Å². The maximum absolute atomic E-state index is 13.1. The summed E-state index contributed by atoms with van der Waals surface area (Å²) in [5, 5.41) is 12.4. The van der Waals surface area contributed by atoms with Crippen molar-refractivity contribution in [3.8, 4) is 11.9 Å². The smallest absolute Gasteiger partial charge is 0.272 e. The average Bonchev–Trinajstić information content (AvgIpc) is 2.94. The number of ether oxygens (including phenoxy) is 1. The van der Waals surface area contributed by atoms with E-state index in [1.165, 1.54) is 11.8 Å². The average molecular weight is 518 g/mol. The number of carbonyl (C=O) groups excluding carboxylic acids is 2. The van der Waals surface area contributed by atoms with Crippen molar-refractivity contribution in [1.82, 2.24) is 24.8 Å². The van der Waals surface area contributed by atoms with Crippen molar-refractivity contribution in [2.45, 2.75) is 30.2 Å². The predicted molar refractivity (Wildman–Crippen MR) is 140 cm³/mol. The number of nitrogens with zero attached hydrogens (tertiary/aromatic N) is 6. The maximum Gasteiger partial charge on any atom is 0.272 e. The highest BCUT2D eigenvalue weighted by molar-refractivity contribution is 8.00. The van der Waals surface area contributed by atoms with Crippen LogP contribution < -0.4 is 10.1 Å². The van der Waals surface area contributed by atoms with Crippen molar-refractivity contribution < 1.29 is 14.3 Å². The van der Waals surface area contributed by atoms with Gasteiger partial charge in [0.1, 0.15) is 17.6 Å². The van der Waals surface area contributed by atoms with Gasteiger partial charge in [0, 0.05) is 50.6 Å². The van der Waals surface area contributed by atoms with Crippen LogP contribution >= 0.6 is 11.8 Å². The van der Waals surface area contributed by atoms with Gasteiger partial charge >= 0.3 is 0 Å². The minimum Gasteiger partial charge on any atom is -0.481 e. The van der Waals surface area contributed by atoms with Crippen LogP contribution in [0, 0.1) is 11.3 Å². The summed E-state index contributed by atoms with van der Waals surface area (Å²) in [5.41, 5.74) is 3.18. The molecule has 0 unspecified atom stereocenters. The quantitative estimate of drug-likeness (QED) is 0.525. The number of aromatic nitrogens is 3. The SMILES string of the molecule is COc1ccc2ncc(C#N)c(CCN3CCC(N(C)C(=O)c4ccc5c(n4)NC(=O)CS5)CC3)c2n1. The molecule has 3 aromatic heterocycles. The molecule has 3 aromatic rings. The minimum absolute atomic E-state index is 0.105. The van der Waals surface area contributed by atoms with E-state index in [2.05, 4.69) is 31.2 Å². The lowest BCUT2D eigenvalue weighted by molar-refractivity contribution is -0.113. The number of likely N-dealkylation sites (tertiary alicyclic amines) is 1. The van der Waals surface area contributed by atoms with Gasteiger partial charge in [0.2, 0.25) is 11.8 Å². The summed E-state index contributed by atoms with van der Waals surface area (Å²) in [5.74, 6) is 1.07. The van der Waals surface area contributed by atoms with Crippen LogP contribution in [0.1, 0.15) is 34.5 Å². The van der Waals surface area contributed by atoms with E-state index in [0.29, 0.717) is 40.6 Å². The van der Waals surface area contributed by atoms with E-state index in [1.807, 2.05) is 19.2 Å². The van der Waals surface area contributed by atoms with Crippen LogP contribution in [-0.2, 0) is 11.2 Å². The number of hydrogen-bond donors (Lipinski definition) is 1. The first kappa shape index (κ1) is 24.9. The number of piperidine rings is 1. The molecule has 5 heterocycles. The van der Waals surface area contributed by atoms with E-state index in [1.54, 1.807) is 30.3 Å². The molecule has 0 aromatic carbocycles. The lowest BCUT2D eigenvalue weighted by Gasteiger charge is -2.36. The highest BCUT2D eigenvalue weighted by atomic mass is 32.2. The largest absolute Gasteiger partial charge is 0.481 e. The molecule has 0 saturated carbocycles. The third-order valence-electron chi connectivity index (χ3n) is 6.92. The van der Waals surface area contributed by atoms with E-state index < -0.39 is 0 Å². The second-order valence-corrected chi connectivity index (χ2v) is 10.1. The second kappa shape index (κ2) is 10.7. The van der Waals surface area contributed by atoms with Gasteiger partial charge in [-0.2, -0.15) is 5.26 Å². The molecule has 0 spiro atoms. The van der Waals surface area contributed by atoms with Gasteiger partial charge in [-0.3, -0.25) is 14.6 Å². The van der Waals surface area contributed by atoms with Crippen LogP contribution in [0.2, 0.25) is 0 Å². The molecule has 0 bridgehead atoms. The van der Waals surface area contributed by atoms with Crippen molar-refractivity contribution in [1.29, 1.82) is 5.26 Å². The van der Waals surface area contributed by atoms with Crippen molar-refractivity contribution in [2.75, 3.05) is 44.9 Å². The van der Waals surface area contributed by atoms with E-state index in [9.17, 15) is 14.9 Å². The van der Waals surface area contributed by atoms with Crippen molar-refractivity contribution in [2.24, 2.45) is 0 Å². The van der Waals surface area contributed by atoms with E-state index in [-0.39, 0.29) is 17.9 Å². The summed E-state index contributed by atoms with van der Waals surface area (Å²) < 4.78 is 5.27. The Kier molecular flexibility index (Phi) is 7.21. The fourth-order valence-corrected chi connectivity index (χ4v) is 5.55. The Bertz CT molecular complexity index is 1400. The Balaban J connectivity index is 1.21. The Morgan fingerprint density at radius 2 is 2.08 bits per heavy atom. The summed E-state index contributed by atoms with van der Waals surface area (Å²) in [6, 6.07) is 9.55. The van der Waals surface area contributed by atoms with Crippen molar-refractivity contribution >= 4 is 40.4 Å². The molecule has 2 amide bonds. The molecule has 1 fully saturated rings. The molecule has 11 heteroatoms. The highest BCUT2D eigenvalue weighted by Crippen LogP contribution is 2.30. The topological polar surface area (TPSA) is 124 Å². The molecule has 0 atom stereocenters. The van der Waals surface area contributed by atoms with Gasteiger partial charge in [0.15, 0.2) is 0 Å². The molecule has 1 saturated heterocycles. The number of methoxy groups -OCH3 is 1. The minimum atomic E-state index is -0.145. The van der Waals surface area contributed by atoms with Gasteiger partial charge in [-0.15, -0.1) is 11.8 Å². The number of thioether (sulfide) groups is 1. The van der Waals surface area contributed by atoms with Crippen LogP contribution in [0.15, 0.2) is 35.4 Å². The Morgan fingerprint density at radius 1 is 1.27 bits per heavy atom. The summed E-state index contributed by atoms with van der Waals surface area (Å²) in [6.07, 6.45) is 3.96. The molecule has 5 rings (SSSR count). The zero-order valence-corrected chi connectivity index (χ0v) is 21.5. The van der Waals surface area contributed by atoms with Crippen LogP contribution in [0.25, 0.3) is 11.0 Å². The fraction of sp³-hybridized carbons (Fsp3) is 0.385. The monoisotopic (exact) mass is 517 g/mol. The molecule has 1 N–H and O–H groups in total. The van der Waals surface area contributed by atoms with Gasteiger partial charge in [-0.05, 0) is 37.5 Å². The highest BCUT2D eigenvalue weighted by Gasteiger charge is 2.28. The summed E-state index contributed by atoms with van der Waals surface area (Å²) >= 11 is 1.42. The van der Waals surface area contributed by atoms with E-state index in [4.69, 9.17) is 4.74 Å². The number of fused-ring (bicyclic) bond motifs is 2. The summed E-state index contributed by atoms with van der Waals surface area (Å²) in [6.45, 7) is 2.46. The van der Waals surface area contributed by atoms with Crippen LogP contribution in [-0.4, -0.2) is 82.2 Å². The lowest BCUT2D eigenvalue weighted by atomic mass is 10.0. The molecular weight excluding hydrogens is 490 g/mol. The summed E-state index contributed by atoms with van der Waals surface area (Å²) in [7, 11) is 3.39. The number of nitriles is 1. The number of hydrogen-bond acceptors (Lipinski definition) is 9. The Morgan fingerprint density at radius 3 is 2.84 bits per heavy atom. The molecule has 190 valence electrons. The van der Waals surface area contributed by atoms with Crippen LogP contribution in [0.5, 0.6) is 5.88 Å². The van der Waals surface area contributed by atoms with Gasteiger partial charge in [0.05, 0.1) is 34.4 Å². The molecule has 10 nitrogen and oxygen atoms in total. The van der Waals surface area contributed by atoms with Gasteiger partial charge in [0.25, 0.3) is 5.91 Å². The van der Waals surface area contributed by atoms with Gasteiger partial charge < -0.3 is 19.9 Å².